The lowest BCUT2D eigenvalue weighted by molar-refractivity contribution is -0.00554. The molecule has 1 saturated carbocycles. The van der Waals surface area contributed by atoms with Crippen LogP contribution in [0.1, 0.15) is 12.5 Å². The van der Waals surface area contributed by atoms with E-state index in [0.717, 1.165) is 0 Å². The Kier molecular flexibility index (Phi) is 2.49. The Hall–Kier alpha value is -0.980. The van der Waals surface area contributed by atoms with E-state index in [1.54, 1.807) is 6.20 Å². The van der Waals surface area contributed by atoms with E-state index in [4.69, 9.17) is 5.11 Å². The van der Waals surface area contributed by atoms with Crippen LogP contribution >= 0.6 is 0 Å². The standard InChI is InChI=1S/C8H13N3O3/c12-4-5-3-6(8(14)7(5)13)11-2-1-9-10-11/h1-2,5-8,12-14H,3-4H2/t5-,6-,7-,8+/m1/s1. The quantitative estimate of drug-likeness (QED) is 0.542. The molecule has 0 amide bonds. The van der Waals surface area contributed by atoms with Crippen LogP contribution in [-0.2, 0) is 0 Å². The van der Waals surface area contributed by atoms with Gasteiger partial charge in [0.05, 0.1) is 18.3 Å². The number of aliphatic hydroxyl groups excluding tert-OH is 3. The number of rotatable bonds is 2. The van der Waals surface area contributed by atoms with E-state index in [0.29, 0.717) is 6.42 Å². The summed E-state index contributed by atoms with van der Waals surface area (Å²) in [5.41, 5.74) is 0. The van der Waals surface area contributed by atoms with Gasteiger partial charge in [-0.15, -0.1) is 5.10 Å². The smallest absolute Gasteiger partial charge is 0.103 e. The van der Waals surface area contributed by atoms with Crippen molar-refractivity contribution in [3.05, 3.63) is 12.4 Å². The average molecular weight is 199 g/mol. The summed E-state index contributed by atoms with van der Waals surface area (Å²) in [6.45, 7) is -0.122. The normalized spacial score (nSPS) is 37.6. The Bertz CT molecular complexity index is 290. The zero-order valence-corrected chi connectivity index (χ0v) is 7.56. The monoisotopic (exact) mass is 199 g/mol. The Morgan fingerprint density at radius 2 is 2.14 bits per heavy atom. The first kappa shape index (κ1) is 9.57. The van der Waals surface area contributed by atoms with E-state index in [-0.39, 0.29) is 18.6 Å². The second-order valence-corrected chi connectivity index (χ2v) is 3.61. The third-order valence-corrected chi connectivity index (χ3v) is 2.79. The molecule has 0 unspecified atom stereocenters. The van der Waals surface area contributed by atoms with Crippen LogP contribution in [0.5, 0.6) is 0 Å². The number of nitrogens with zero attached hydrogens (tertiary/aromatic N) is 3. The van der Waals surface area contributed by atoms with Gasteiger partial charge in [0.2, 0.25) is 0 Å². The third kappa shape index (κ3) is 1.41. The van der Waals surface area contributed by atoms with Crippen molar-refractivity contribution in [3.8, 4) is 0 Å². The summed E-state index contributed by atoms with van der Waals surface area (Å²) >= 11 is 0. The van der Waals surface area contributed by atoms with E-state index in [9.17, 15) is 10.2 Å². The molecule has 6 nitrogen and oxygen atoms in total. The molecule has 0 saturated heterocycles. The highest BCUT2D eigenvalue weighted by Crippen LogP contribution is 2.34. The van der Waals surface area contributed by atoms with E-state index in [2.05, 4.69) is 10.3 Å². The highest BCUT2D eigenvalue weighted by atomic mass is 16.3. The van der Waals surface area contributed by atoms with Crippen molar-refractivity contribution in [1.82, 2.24) is 15.0 Å². The molecule has 1 heterocycles. The van der Waals surface area contributed by atoms with E-state index >= 15 is 0 Å². The zero-order valence-electron chi connectivity index (χ0n) is 7.56. The Morgan fingerprint density at radius 3 is 2.64 bits per heavy atom. The molecule has 4 atom stereocenters. The van der Waals surface area contributed by atoms with Crippen LogP contribution in [0.2, 0.25) is 0 Å². The molecule has 0 aliphatic heterocycles. The van der Waals surface area contributed by atoms with Crippen molar-refractivity contribution in [1.29, 1.82) is 0 Å². The maximum absolute atomic E-state index is 9.68. The van der Waals surface area contributed by atoms with Gasteiger partial charge < -0.3 is 15.3 Å². The molecular formula is C8H13N3O3. The van der Waals surface area contributed by atoms with Crippen molar-refractivity contribution in [2.24, 2.45) is 5.92 Å². The largest absolute Gasteiger partial charge is 0.396 e. The summed E-state index contributed by atoms with van der Waals surface area (Å²) in [4.78, 5) is 0. The average Bonchev–Trinajstić information content (AvgIpc) is 2.78. The predicted octanol–water partition coefficient (Wildman–Crippen LogP) is -1.45. The highest BCUT2D eigenvalue weighted by Gasteiger charge is 2.42. The topological polar surface area (TPSA) is 91.4 Å². The van der Waals surface area contributed by atoms with Crippen LogP contribution in [-0.4, -0.2) is 49.1 Å². The van der Waals surface area contributed by atoms with E-state index < -0.39 is 12.2 Å². The molecule has 1 aromatic rings. The van der Waals surface area contributed by atoms with Gasteiger partial charge in [0.15, 0.2) is 0 Å². The summed E-state index contributed by atoms with van der Waals surface area (Å²) < 4.78 is 1.52. The maximum atomic E-state index is 9.68. The molecule has 14 heavy (non-hydrogen) atoms. The number of aliphatic hydroxyl groups is 3. The molecule has 1 aromatic heterocycles. The molecule has 0 aromatic carbocycles. The van der Waals surface area contributed by atoms with Crippen molar-refractivity contribution in [2.45, 2.75) is 24.7 Å². The van der Waals surface area contributed by atoms with Crippen LogP contribution in [0.25, 0.3) is 0 Å². The number of hydrogen-bond acceptors (Lipinski definition) is 5. The first-order valence-corrected chi connectivity index (χ1v) is 4.57. The van der Waals surface area contributed by atoms with Gasteiger partial charge in [-0.1, -0.05) is 5.21 Å². The van der Waals surface area contributed by atoms with Crippen molar-refractivity contribution in [2.75, 3.05) is 6.61 Å². The van der Waals surface area contributed by atoms with Crippen LogP contribution in [0.4, 0.5) is 0 Å². The molecular weight excluding hydrogens is 186 g/mol. The minimum atomic E-state index is -0.881. The van der Waals surface area contributed by atoms with Crippen LogP contribution in [0.3, 0.4) is 0 Å². The molecule has 3 N–H and O–H groups in total. The molecule has 1 aliphatic rings. The van der Waals surface area contributed by atoms with Crippen molar-refractivity contribution < 1.29 is 15.3 Å². The van der Waals surface area contributed by atoms with Gasteiger partial charge >= 0.3 is 0 Å². The highest BCUT2D eigenvalue weighted by molar-refractivity contribution is 4.94. The van der Waals surface area contributed by atoms with Crippen molar-refractivity contribution in [3.63, 3.8) is 0 Å². The summed E-state index contributed by atoms with van der Waals surface area (Å²) in [6.07, 6.45) is 1.91. The van der Waals surface area contributed by atoms with Gasteiger partial charge in [-0.3, -0.25) is 0 Å². The molecule has 78 valence electrons. The Morgan fingerprint density at radius 1 is 1.36 bits per heavy atom. The molecule has 0 spiro atoms. The molecule has 2 rings (SSSR count). The van der Waals surface area contributed by atoms with Gasteiger partial charge in [-0.25, -0.2) is 4.68 Å². The summed E-state index contributed by atoms with van der Waals surface area (Å²) in [5, 5.41) is 35.6. The lowest BCUT2D eigenvalue weighted by atomic mass is 10.1. The first-order chi connectivity index (χ1) is 6.74. The van der Waals surface area contributed by atoms with Crippen LogP contribution in [0, 0.1) is 5.92 Å². The minimum Gasteiger partial charge on any atom is -0.396 e. The fraction of sp³-hybridized carbons (Fsp3) is 0.750. The van der Waals surface area contributed by atoms with Gasteiger partial charge in [0.1, 0.15) is 6.10 Å². The summed E-state index contributed by atoms with van der Waals surface area (Å²) in [6, 6.07) is -0.287. The fourth-order valence-corrected chi connectivity index (χ4v) is 1.94. The van der Waals surface area contributed by atoms with Crippen LogP contribution in [0.15, 0.2) is 12.4 Å². The number of aromatic nitrogens is 3. The molecule has 1 fully saturated rings. The van der Waals surface area contributed by atoms with Gasteiger partial charge in [0, 0.05) is 18.7 Å². The second kappa shape index (κ2) is 3.64. The van der Waals surface area contributed by atoms with E-state index in [1.807, 2.05) is 0 Å². The predicted molar refractivity (Wildman–Crippen MR) is 46.3 cm³/mol. The van der Waals surface area contributed by atoms with Crippen molar-refractivity contribution >= 4 is 0 Å². The molecule has 6 heteroatoms. The summed E-state index contributed by atoms with van der Waals surface area (Å²) in [5.74, 6) is -0.279. The SMILES string of the molecule is OC[C@H]1C[C@@H](n2ccnn2)[C@H](O)[C@@H]1O. The lowest BCUT2D eigenvalue weighted by Crippen LogP contribution is -2.30. The second-order valence-electron chi connectivity index (χ2n) is 3.61. The van der Waals surface area contributed by atoms with E-state index in [1.165, 1.54) is 10.9 Å². The Labute approximate surface area is 80.8 Å². The zero-order chi connectivity index (χ0) is 10.1. The molecule has 1 aliphatic carbocycles. The fourth-order valence-electron chi connectivity index (χ4n) is 1.94. The molecule has 0 radical (unpaired) electrons. The molecule has 0 bridgehead atoms. The van der Waals surface area contributed by atoms with Gasteiger partial charge in [0.25, 0.3) is 0 Å². The lowest BCUT2D eigenvalue weighted by Gasteiger charge is -2.15. The summed E-state index contributed by atoms with van der Waals surface area (Å²) in [7, 11) is 0. The first-order valence-electron chi connectivity index (χ1n) is 4.57. The van der Waals surface area contributed by atoms with Gasteiger partial charge in [-0.05, 0) is 6.42 Å². The van der Waals surface area contributed by atoms with Gasteiger partial charge in [-0.2, -0.15) is 0 Å². The third-order valence-electron chi connectivity index (χ3n) is 2.79. The maximum Gasteiger partial charge on any atom is 0.103 e. The minimum absolute atomic E-state index is 0.122. The number of hydrogen-bond donors (Lipinski definition) is 3. The van der Waals surface area contributed by atoms with Crippen LogP contribution < -0.4 is 0 Å². The Balaban J connectivity index is 2.16.